The Kier molecular flexibility index (Phi) is 6.46. The van der Waals surface area contributed by atoms with Gasteiger partial charge in [-0.25, -0.2) is 0 Å². The van der Waals surface area contributed by atoms with Crippen LogP contribution in [0.3, 0.4) is 0 Å². The van der Waals surface area contributed by atoms with Gasteiger partial charge in [-0.1, -0.05) is 26.7 Å². The van der Waals surface area contributed by atoms with Gasteiger partial charge in [-0.2, -0.15) is 13.2 Å². The van der Waals surface area contributed by atoms with E-state index in [2.05, 4.69) is 6.92 Å². The quantitative estimate of drug-likeness (QED) is 0.788. The lowest BCUT2D eigenvalue weighted by atomic mass is 9.75. The lowest BCUT2D eigenvalue weighted by Gasteiger charge is -2.47. The number of nitrogens with zero attached hydrogens (tertiary/aromatic N) is 1. The molecule has 1 amide bonds. The van der Waals surface area contributed by atoms with Gasteiger partial charge >= 0.3 is 6.18 Å². The fourth-order valence-electron chi connectivity index (χ4n) is 3.28. The van der Waals surface area contributed by atoms with Gasteiger partial charge in [0.05, 0.1) is 6.54 Å². The van der Waals surface area contributed by atoms with E-state index in [1.807, 2.05) is 17.1 Å². The molecule has 1 saturated carbocycles. The van der Waals surface area contributed by atoms with Crippen molar-refractivity contribution < 1.29 is 18.0 Å². The predicted octanol–water partition coefficient (Wildman–Crippen LogP) is 1.89. The first-order valence-corrected chi connectivity index (χ1v) is 7.51. The van der Waals surface area contributed by atoms with E-state index in [4.69, 9.17) is 5.73 Å². The lowest BCUT2D eigenvalue weighted by Crippen LogP contribution is -2.58. The zero-order valence-corrected chi connectivity index (χ0v) is 12.8. The molecule has 1 aliphatic carbocycles. The van der Waals surface area contributed by atoms with E-state index >= 15 is 0 Å². The van der Waals surface area contributed by atoms with Gasteiger partial charge in [0, 0.05) is 12.1 Å². The second-order valence-corrected chi connectivity index (χ2v) is 6.04. The number of alkyl halides is 3. The van der Waals surface area contributed by atoms with E-state index in [1.54, 1.807) is 0 Å². The van der Waals surface area contributed by atoms with Gasteiger partial charge in [-0.05, 0) is 25.3 Å². The van der Waals surface area contributed by atoms with Crippen molar-refractivity contribution in [2.24, 2.45) is 11.7 Å². The fraction of sp³-hybridized carbons (Fsp3) is 0.929. The highest BCUT2D eigenvalue weighted by molar-refractivity contribution is 5.78. The summed E-state index contributed by atoms with van der Waals surface area (Å²) in [4.78, 5) is 13.7. The Balaban J connectivity index is 2.65. The zero-order chi connectivity index (χ0) is 16.1. The molecule has 0 aromatic heterocycles. The van der Waals surface area contributed by atoms with Crippen molar-refractivity contribution in [2.75, 3.05) is 26.2 Å². The standard InChI is InChI=1S/C14H26F3N3O/c1-3-20(8-12(21)19-10-14(15,16)17)13(9-18)6-4-5-11(2)7-13/h11H,3-10,18H2,1-2H3,(H,19,21). The van der Waals surface area contributed by atoms with E-state index in [0.29, 0.717) is 19.0 Å². The van der Waals surface area contributed by atoms with Crippen LogP contribution in [0.2, 0.25) is 0 Å². The van der Waals surface area contributed by atoms with Crippen molar-refractivity contribution in [3.8, 4) is 0 Å². The van der Waals surface area contributed by atoms with Crippen molar-refractivity contribution in [2.45, 2.75) is 51.2 Å². The molecule has 7 heteroatoms. The van der Waals surface area contributed by atoms with Crippen molar-refractivity contribution in [3.63, 3.8) is 0 Å². The molecule has 1 fully saturated rings. The Morgan fingerprint density at radius 3 is 2.62 bits per heavy atom. The summed E-state index contributed by atoms with van der Waals surface area (Å²) in [7, 11) is 0. The van der Waals surface area contributed by atoms with Gasteiger partial charge in [0.15, 0.2) is 0 Å². The molecular formula is C14H26F3N3O. The number of rotatable bonds is 6. The summed E-state index contributed by atoms with van der Waals surface area (Å²) in [6, 6.07) is 0. The molecule has 0 saturated heterocycles. The molecule has 21 heavy (non-hydrogen) atoms. The molecule has 0 heterocycles. The van der Waals surface area contributed by atoms with Crippen LogP contribution < -0.4 is 11.1 Å². The fourth-order valence-corrected chi connectivity index (χ4v) is 3.28. The third-order valence-corrected chi connectivity index (χ3v) is 4.32. The van der Waals surface area contributed by atoms with E-state index in [9.17, 15) is 18.0 Å². The minimum Gasteiger partial charge on any atom is -0.346 e. The van der Waals surface area contributed by atoms with Gasteiger partial charge in [-0.15, -0.1) is 0 Å². The largest absolute Gasteiger partial charge is 0.405 e. The van der Waals surface area contributed by atoms with E-state index in [0.717, 1.165) is 25.7 Å². The topological polar surface area (TPSA) is 58.4 Å². The van der Waals surface area contributed by atoms with E-state index < -0.39 is 18.6 Å². The third kappa shape index (κ3) is 5.47. The van der Waals surface area contributed by atoms with Crippen LogP contribution in [0.4, 0.5) is 13.2 Å². The number of carbonyl (C=O) groups is 1. The zero-order valence-electron chi connectivity index (χ0n) is 12.8. The van der Waals surface area contributed by atoms with Crippen LogP contribution in [0.5, 0.6) is 0 Å². The van der Waals surface area contributed by atoms with Crippen LogP contribution in [0.25, 0.3) is 0 Å². The molecule has 1 aliphatic rings. The summed E-state index contributed by atoms with van der Waals surface area (Å²) in [6.07, 6.45) is -0.408. The second kappa shape index (κ2) is 7.45. The lowest BCUT2D eigenvalue weighted by molar-refractivity contribution is -0.140. The van der Waals surface area contributed by atoms with Gasteiger partial charge in [0.25, 0.3) is 0 Å². The van der Waals surface area contributed by atoms with Gasteiger partial charge in [-0.3, -0.25) is 9.69 Å². The third-order valence-electron chi connectivity index (χ3n) is 4.32. The maximum absolute atomic E-state index is 12.1. The Labute approximate surface area is 124 Å². The second-order valence-electron chi connectivity index (χ2n) is 6.04. The number of carbonyl (C=O) groups excluding carboxylic acids is 1. The summed E-state index contributed by atoms with van der Waals surface area (Å²) in [5.74, 6) is -0.0742. The van der Waals surface area contributed by atoms with Gasteiger partial charge in [0.1, 0.15) is 6.54 Å². The maximum atomic E-state index is 12.1. The van der Waals surface area contributed by atoms with Crippen LogP contribution in [0.15, 0.2) is 0 Å². The average Bonchev–Trinajstić information content (AvgIpc) is 2.41. The maximum Gasteiger partial charge on any atom is 0.405 e. The molecule has 3 N–H and O–H groups in total. The SMILES string of the molecule is CCN(CC(=O)NCC(F)(F)F)C1(CN)CCCC(C)C1. The van der Waals surface area contributed by atoms with Crippen LogP contribution in [0.1, 0.15) is 39.5 Å². The smallest absolute Gasteiger partial charge is 0.346 e. The predicted molar refractivity (Wildman–Crippen MR) is 75.7 cm³/mol. The minimum absolute atomic E-state index is 0.0313. The normalized spacial score (nSPS) is 26.9. The van der Waals surface area contributed by atoms with Crippen molar-refractivity contribution >= 4 is 5.91 Å². The molecule has 1 rings (SSSR count). The minimum atomic E-state index is -4.38. The molecule has 0 aliphatic heterocycles. The highest BCUT2D eigenvalue weighted by atomic mass is 19.4. The monoisotopic (exact) mass is 309 g/mol. The van der Waals surface area contributed by atoms with Crippen LogP contribution in [-0.2, 0) is 4.79 Å². The molecular weight excluding hydrogens is 283 g/mol. The van der Waals surface area contributed by atoms with Crippen LogP contribution in [0, 0.1) is 5.92 Å². The number of nitrogens with two attached hydrogens (primary N) is 1. The first kappa shape index (κ1) is 18.2. The number of hydrogen-bond donors (Lipinski definition) is 2. The van der Waals surface area contributed by atoms with E-state index in [-0.39, 0.29) is 12.1 Å². The molecule has 0 spiro atoms. The Hall–Kier alpha value is -0.820. The molecule has 2 unspecified atom stereocenters. The number of hydrogen-bond acceptors (Lipinski definition) is 3. The molecule has 2 atom stereocenters. The van der Waals surface area contributed by atoms with Crippen molar-refractivity contribution in [1.29, 1.82) is 0 Å². The van der Waals surface area contributed by atoms with Crippen LogP contribution in [-0.4, -0.2) is 48.7 Å². The first-order chi connectivity index (χ1) is 9.72. The molecule has 4 nitrogen and oxygen atoms in total. The van der Waals surface area contributed by atoms with Crippen molar-refractivity contribution in [1.82, 2.24) is 10.2 Å². The summed E-state index contributed by atoms with van der Waals surface area (Å²) < 4.78 is 36.4. The number of nitrogens with one attached hydrogen (secondary N) is 1. The van der Waals surface area contributed by atoms with E-state index in [1.165, 1.54) is 0 Å². The Morgan fingerprint density at radius 1 is 1.48 bits per heavy atom. The molecule has 0 aromatic carbocycles. The van der Waals surface area contributed by atoms with Crippen molar-refractivity contribution in [3.05, 3.63) is 0 Å². The summed E-state index contributed by atoms with van der Waals surface area (Å²) in [5, 5.41) is 1.93. The van der Waals surface area contributed by atoms with Crippen LogP contribution >= 0.6 is 0 Å². The Morgan fingerprint density at radius 2 is 2.14 bits per heavy atom. The number of amides is 1. The Bertz CT molecular complexity index is 349. The van der Waals surface area contributed by atoms with Gasteiger partial charge in [0.2, 0.25) is 5.91 Å². The molecule has 0 radical (unpaired) electrons. The number of halogens is 3. The average molecular weight is 309 g/mol. The molecule has 0 aromatic rings. The number of likely N-dealkylation sites (N-methyl/N-ethyl adjacent to an activating group) is 1. The summed E-state index contributed by atoms with van der Waals surface area (Å²) in [6.45, 7) is 3.78. The molecule has 124 valence electrons. The first-order valence-electron chi connectivity index (χ1n) is 7.51. The summed E-state index contributed by atoms with van der Waals surface area (Å²) in [5.41, 5.74) is 5.68. The molecule has 0 bridgehead atoms. The highest BCUT2D eigenvalue weighted by Gasteiger charge is 2.39. The van der Waals surface area contributed by atoms with Gasteiger partial charge < -0.3 is 11.1 Å². The summed E-state index contributed by atoms with van der Waals surface area (Å²) >= 11 is 0. The highest BCUT2D eigenvalue weighted by Crippen LogP contribution is 2.36.